The molecular weight excluding hydrogens is 639 g/mol. The molecule has 0 atom stereocenters. The number of unbranched alkanes of at least 4 members (excludes halogenated alkanes) is 10. The number of fused-ring (bicyclic) bond motifs is 3. The second kappa shape index (κ2) is 18.3. The molecule has 1 nitrogen and oxygen atoms in total. The Morgan fingerprint density at radius 1 is 0.453 bits per heavy atom. The highest BCUT2D eigenvalue weighted by Gasteiger charge is 2.42. The molecule has 0 saturated carbocycles. The molecule has 0 unspecified atom stereocenters. The minimum atomic E-state index is 0.0898. The summed E-state index contributed by atoms with van der Waals surface area (Å²) in [7, 11) is 0. The lowest BCUT2D eigenvalue weighted by atomic mass is 9.70. The number of rotatable bonds is 19. The van der Waals surface area contributed by atoms with Gasteiger partial charge in [0.1, 0.15) is 0 Å². The molecule has 1 aliphatic rings. The Kier molecular flexibility index (Phi) is 13.3. The van der Waals surface area contributed by atoms with E-state index in [0.29, 0.717) is 5.92 Å². The first kappa shape index (κ1) is 38.6. The molecule has 0 fully saturated rings. The Labute approximate surface area is 322 Å². The van der Waals surface area contributed by atoms with E-state index < -0.39 is 0 Å². The quantitative estimate of drug-likeness (QED) is 0.0774. The van der Waals surface area contributed by atoms with E-state index in [1.165, 1.54) is 146 Å². The Balaban J connectivity index is 1.35. The molecule has 1 aliphatic carbocycles. The van der Waals surface area contributed by atoms with Gasteiger partial charge in [-0.15, -0.1) is 0 Å². The molecular formula is C52H65N. The third-order valence-electron chi connectivity index (χ3n) is 12.0. The summed E-state index contributed by atoms with van der Waals surface area (Å²) < 4.78 is 0. The summed E-state index contributed by atoms with van der Waals surface area (Å²) >= 11 is 0. The molecule has 1 heteroatoms. The third-order valence-corrected chi connectivity index (χ3v) is 12.0. The van der Waals surface area contributed by atoms with Gasteiger partial charge in [-0.1, -0.05) is 183 Å². The number of anilines is 3. The average molecular weight is 704 g/mol. The van der Waals surface area contributed by atoms with Crippen molar-refractivity contribution in [3.63, 3.8) is 0 Å². The van der Waals surface area contributed by atoms with Crippen molar-refractivity contribution in [2.75, 3.05) is 4.90 Å². The molecule has 0 saturated heterocycles. The predicted octanol–water partition coefficient (Wildman–Crippen LogP) is 16.3. The molecule has 0 N–H and O–H groups in total. The Hall–Kier alpha value is -4.10. The van der Waals surface area contributed by atoms with Gasteiger partial charge in [-0.2, -0.15) is 0 Å². The second-order valence-electron chi connectivity index (χ2n) is 16.4. The lowest BCUT2D eigenvalue weighted by Gasteiger charge is -2.33. The highest BCUT2D eigenvalue weighted by Crippen LogP contribution is 2.55. The topological polar surface area (TPSA) is 3.24 Å². The molecule has 53 heavy (non-hydrogen) atoms. The highest BCUT2D eigenvalue weighted by atomic mass is 15.1. The normalized spacial score (nSPS) is 13.0. The summed E-state index contributed by atoms with van der Waals surface area (Å²) in [4.78, 5) is 2.39. The van der Waals surface area contributed by atoms with Crippen molar-refractivity contribution in [3.8, 4) is 22.3 Å². The van der Waals surface area contributed by atoms with Crippen LogP contribution in [-0.4, -0.2) is 0 Å². The van der Waals surface area contributed by atoms with Crippen molar-refractivity contribution in [1.82, 2.24) is 0 Å². The Bertz CT molecular complexity index is 1860. The minimum Gasteiger partial charge on any atom is -0.311 e. The molecule has 0 radical (unpaired) electrons. The molecule has 0 heterocycles. The second-order valence-corrected chi connectivity index (χ2v) is 16.4. The largest absolute Gasteiger partial charge is 0.311 e. The van der Waals surface area contributed by atoms with Crippen LogP contribution in [0.15, 0.2) is 109 Å². The average Bonchev–Trinajstić information content (AvgIpc) is 3.43. The smallest absolute Gasteiger partial charge is 0.0462 e. The molecule has 5 aromatic rings. The molecule has 5 aromatic carbocycles. The summed E-state index contributed by atoms with van der Waals surface area (Å²) in [6.45, 7) is 13.6. The molecule has 0 bridgehead atoms. The maximum Gasteiger partial charge on any atom is 0.0462 e. The van der Waals surface area contributed by atoms with Crippen molar-refractivity contribution < 1.29 is 0 Å². The SMILES string of the molecule is CCCCCCCCC1(CCCCCCCC)c2cc(C)ccc2-c2ccc(-c3ccc(N(c4ccc(C)cc4)c4ccc(C(C)C)cc4)cc3)cc21. The van der Waals surface area contributed by atoms with E-state index >= 15 is 0 Å². The summed E-state index contributed by atoms with van der Waals surface area (Å²) in [5, 5.41) is 0. The van der Waals surface area contributed by atoms with Crippen molar-refractivity contribution in [3.05, 3.63) is 137 Å². The maximum atomic E-state index is 2.59. The zero-order valence-electron chi connectivity index (χ0n) is 33.8. The van der Waals surface area contributed by atoms with Gasteiger partial charge in [0, 0.05) is 22.5 Å². The van der Waals surface area contributed by atoms with E-state index in [-0.39, 0.29) is 5.41 Å². The van der Waals surface area contributed by atoms with Crippen LogP contribution in [0.3, 0.4) is 0 Å². The van der Waals surface area contributed by atoms with Crippen LogP contribution in [0.25, 0.3) is 22.3 Å². The van der Waals surface area contributed by atoms with Crippen molar-refractivity contribution in [2.24, 2.45) is 0 Å². The number of nitrogens with zero attached hydrogens (tertiary/aromatic N) is 1. The molecule has 0 amide bonds. The van der Waals surface area contributed by atoms with Crippen LogP contribution in [0.4, 0.5) is 17.1 Å². The first-order chi connectivity index (χ1) is 25.8. The van der Waals surface area contributed by atoms with Gasteiger partial charge in [0.25, 0.3) is 0 Å². The highest BCUT2D eigenvalue weighted by molar-refractivity contribution is 5.85. The van der Waals surface area contributed by atoms with Gasteiger partial charge in [0.15, 0.2) is 0 Å². The predicted molar refractivity (Wildman–Crippen MR) is 232 cm³/mol. The van der Waals surface area contributed by atoms with Crippen LogP contribution in [-0.2, 0) is 5.41 Å². The van der Waals surface area contributed by atoms with Crippen molar-refractivity contribution in [2.45, 2.75) is 143 Å². The van der Waals surface area contributed by atoms with Gasteiger partial charge < -0.3 is 4.90 Å². The molecule has 0 aliphatic heterocycles. The van der Waals surface area contributed by atoms with E-state index in [1.54, 1.807) is 11.1 Å². The van der Waals surface area contributed by atoms with Gasteiger partial charge in [-0.3, -0.25) is 0 Å². The molecule has 0 aromatic heterocycles. The maximum absolute atomic E-state index is 2.59. The lowest BCUT2D eigenvalue weighted by Crippen LogP contribution is -2.25. The van der Waals surface area contributed by atoms with E-state index in [4.69, 9.17) is 0 Å². The fourth-order valence-electron chi connectivity index (χ4n) is 8.82. The fraction of sp³-hybridized carbons (Fsp3) is 0.423. The molecule has 0 spiro atoms. The first-order valence-electron chi connectivity index (χ1n) is 21.2. The summed E-state index contributed by atoms with van der Waals surface area (Å²) in [5.74, 6) is 0.510. The number of aryl methyl sites for hydroxylation is 2. The monoisotopic (exact) mass is 704 g/mol. The summed E-state index contributed by atoms with van der Waals surface area (Å²) in [6, 6.07) is 42.1. The number of hydrogen-bond donors (Lipinski definition) is 0. The van der Waals surface area contributed by atoms with Crippen LogP contribution < -0.4 is 4.90 Å². The first-order valence-corrected chi connectivity index (χ1v) is 21.2. The van der Waals surface area contributed by atoms with E-state index in [0.717, 1.165) is 0 Å². The molecule has 278 valence electrons. The van der Waals surface area contributed by atoms with Crippen LogP contribution >= 0.6 is 0 Å². The van der Waals surface area contributed by atoms with Crippen molar-refractivity contribution >= 4 is 17.1 Å². The van der Waals surface area contributed by atoms with Crippen molar-refractivity contribution in [1.29, 1.82) is 0 Å². The number of hydrogen-bond acceptors (Lipinski definition) is 1. The van der Waals surface area contributed by atoms with Gasteiger partial charge in [0.2, 0.25) is 0 Å². The van der Waals surface area contributed by atoms with Crippen LogP contribution in [0.1, 0.15) is 151 Å². The third kappa shape index (κ3) is 9.00. The van der Waals surface area contributed by atoms with Gasteiger partial charge in [0.05, 0.1) is 0 Å². The Morgan fingerprint density at radius 3 is 1.43 bits per heavy atom. The zero-order chi connectivity index (χ0) is 37.2. The fourth-order valence-corrected chi connectivity index (χ4v) is 8.82. The van der Waals surface area contributed by atoms with Gasteiger partial charge >= 0.3 is 0 Å². The minimum absolute atomic E-state index is 0.0898. The van der Waals surface area contributed by atoms with Gasteiger partial charge in [-0.25, -0.2) is 0 Å². The number of benzene rings is 5. The Morgan fingerprint density at radius 2 is 0.887 bits per heavy atom. The van der Waals surface area contributed by atoms with E-state index in [2.05, 4.69) is 156 Å². The van der Waals surface area contributed by atoms with Crippen LogP contribution in [0.5, 0.6) is 0 Å². The van der Waals surface area contributed by atoms with Gasteiger partial charge in [-0.05, 0) is 114 Å². The van der Waals surface area contributed by atoms with Crippen LogP contribution in [0, 0.1) is 13.8 Å². The summed E-state index contributed by atoms with van der Waals surface area (Å²) in [5.41, 5.74) is 16.4. The van der Waals surface area contributed by atoms with E-state index in [1.807, 2.05) is 0 Å². The zero-order valence-corrected chi connectivity index (χ0v) is 33.8. The van der Waals surface area contributed by atoms with E-state index in [9.17, 15) is 0 Å². The summed E-state index contributed by atoms with van der Waals surface area (Å²) in [6.07, 6.45) is 18.6. The van der Waals surface area contributed by atoms with Crippen LogP contribution in [0.2, 0.25) is 0 Å². The molecule has 6 rings (SSSR count). The lowest BCUT2D eigenvalue weighted by molar-refractivity contribution is 0.398. The standard InChI is InChI=1S/C52H65N/c1-7-9-11-13-15-17-35-52(36-18-16-14-12-10-8-2)50-37-41(6)21-33-48(50)49-34-26-44(38-51(49)52)43-24-31-47(32-25-43)53(45-27-19-40(5)20-28-45)46-29-22-42(23-30-46)39(3)4/h19-34,37-39H,7-18,35-36H2,1-6H3.